The summed E-state index contributed by atoms with van der Waals surface area (Å²) >= 11 is 18.6. The van der Waals surface area contributed by atoms with Gasteiger partial charge < -0.3 is 14.7 Å². The number of hydrogen-bond acceptors (Lipinski definition) is 4. The Morgan fingerprint density at radius 2 is 1.85 bits per heavy atom. The molecule has 0 aliphatic carbocycles. The van der Waals surface area contributed by atoms with Gasteiger partial charge in [-0.2, -0.15) is 0 Å². The highest BCUT2D eigenvalue weighted by Crippen LogP contribution is 2.37. The van der Waals surface area contributed by atoms with Crippen molar-refractivity contribution in [1.29, 1.82) is 0 Å². The SMILES string of the molecule is OCCOc1ccc(N2CCN(CCCl)C[C@H]2c2ccc(Cl)cc2)c(Cl)c1. The topological polar surface area (TPSA) is 35.9 Å². The van der Waals surface area contributed by atoms with Gasteiger partial charge in [-0.05, 0) is 29.8 Å². The number of aliphatic hydroxyl groups excluding tert-OH is 1. The molecular formula is C20H23Cl3N2O2. The summed E-state index contributed by atoms with van der Waals surface area (Å²) in [4.78, 5) is 4.70. The zero-order valence-electron chi connectivity index (χ0n) is 15.0. The fourth-order valence-corrected chi connectivity index (χ4v) is 4.04. The summed E-state index contributed by atoms with van der Waals surface area (Å²) < 4.78 is 5.46. The minimum absolute atomic E-state index is 0.0272. The molecule has 0 radical (unpaired) electrons. The number of rotatable bonds is 7. The van der Waals surface area contributed by atoms with Gasteiger partial charge in [0.25, 0.3) is 0 Å². The molecule has 0 aromatic heterocycles. The lowest BCUT2D eigenvalue weighted by molar-refractivity contribution is 0.201. The van der Waals surface area contributed by atoms with E-state index in [0.717, 1.165) is 36.9 Å². The van der Waals surface area contributed by atoms with Crippen LogP contribution in [0.15, 0.2) is 42.5 Å². The smallest absolute Gasteiger partial charge is 0.121 e. The Morgan fingerprint density at radius 3 is 2.52 bits per heavy atom. The average molecular weight is 430 g/mol. The summed E-state index contributed by atoms with van der Waals surface area (Å²) in [6.45, 7) is 3.73. The first kappa shape index (κ1) is 20.6. The third-order valence-corrected chi connectivity index (χ3v) is 5.43. The van der Waals surface area contributed by atoms with Gasteiger partial charge in [0.05, 0.1) is 23.4 Å². The number of benzene rings is 2. The molecule has 3 rings (SSSR count). The minimum Gasteiger partial charge on any atom is -0.491 e. The zero-order valence-corrected chi connectivity index (χ0v) is 17.2. The van der Waals surface area contributed by atoms with Gasteiger partial charge in [0.2, 0.25) is 0 Å². The van der Waals surface area contributed by atoms with Crippen LogP contribution in [0.3, 0.4) is 0 Å². The van der Waals surface area contributed by atoms with E-state index >= 15 is 0 Å². The summed E-state index contributed by atoms with van der Waals surface area (Å²) in [5.41, 5.74) is 2.16. The van der Waals surface area contributed by atoms with E-state index in [0.29, 0.717) is 16.7 Å². The van der Waals surface area contributed by atoms with Gasteiger partial charge in [0, 0.05) is 43.1 Å². The molecule has 1 aliphatic heterocycles. The molecule has 7 heteroatoms. The van der Waals surface area contributed by atoms with Crippen LogP contribution in [0.25, 0.3) is 0 Å². The number of ether oxygens (including phenoxy) is 1. The highest BCUT2D eigenvalue weighted by Gasteiger charge is 2.29. The number of piperazine rings is 1. The molecule has 0 unspecified atom stereocenters. The number of hydrogen-bond donors (Lipinski definition) is 1. The van der Waals surface area contributed by atoms with Crippen molar-refractivity contribution >= 4 is 40.5 Å². The number of anilines is 1. The van der Waals surface area contributed by atoms with E-state index in [-0.39, 0.29) is 19.3 Å². The Labute approximate surface area is 175 Å². The molecule has 0 bridgehead atoms. The van der Waals surface area contributed by atoms with Crippen molar-refractivity contribution in [2.24, 2.45) is 0 Å². The number of nitrogens with zero attached hydrogens (tertiary/aromatic N) is 2. The third-order valence-electron chi connectivity index (χ3n) is 4.71. The van der Waals surface area contributed by atoms with Gasteiger partial charge in [-0.1, -0.05) is 35.3 Å². The monoisotopic (exact) mass is 428 g/mol. The van der Waals surface area contributed by atoms with E-state index < -0.39 is 0 Å². The van der Waals surface area contributed by atoms with Gasteiger partial charge >= 0.3 is 0 Å². The lowest BCUT2D eigenvalue weighted by atomic mass is 10.0. The molecule has 0 saturated carbocycles. The van der Waals surface area contributed by atoms with Crippen molar-refractivity contribution in [3.8, 4) is 5.75 Å². The van der Waals surface area contributed by atoms with E-state index in [2.05, 4.69) is 21.9 Å². The fourth-order valence-electron chi connectivity index (χ4n) is 3.39. The summed E-state index contributed by atoms with van der Waals surface area (Å²) in [5.74, 6) is 1.27. The largest absolute Gasteiger partial charge is 0.491 e. The lowest BCUT2D eigenvalue weighted by Gasteiger charge is -2.43. The maximum absolute atomic E-state index is 8.91. The van der Waals surface area contributed by atoms with Crippen LogP contribution in [-0.2, 0) is 0 Å². The highest BCUT2D eigenvalue weighted by molar-refractivity contribution is 6.33. The molecule has 146 valence electrons. The molecule has 1 N–H and O–H groups in total. The zero-order chi connectivity index (χ0) is 19.2. The van der Waals surface area contributed by atoms with E-state index in [1.165, 1.54) is 5.56 Å². The van der Waals surface area contributed by atoms with Gasteiger partial charge in [0.1, 0.15) is 12.4 Å². The second-order valence-electron chi connectivity index (χ2n) is 6.44. The summed E-state index contributed by atoms with van der Waals surface area (Å²) in [6.07, 6.45) is 0. The predicted molar refractivity (Wildman–Crippen MR) is 113 cm³/mol. The Bertz CT molecular complexity index is 743. The van der Waals surface area contributed by atoms with Crippen LogP contribution in [0.2, 0.25) is 10.0 Å². The van der Waals surface area contributed by atoms with Crippen LogP contribution in [0.4, 0.5) is 5.69 Å². The molecule has 1 aliphatic rings. The second-order valence-corrected chi connectivity index (χ2v) is 7.66. The second kappa shape index (κ2) is 9.85. The van der Waals surface area contributed by atoms with Crippen molar-refractivity contribution in [2.75, 3.05) is 50.2 Å². The molecule has 2 aromatic rings. The van der Waals surface area contributed by atoms with Gasteiger partial charge in [0.15, 0.2) is 0 Å². The van der Waals surface area contributed by atoms with Crippen LogP contribution in [0, 0.1) is 0 Å². The summed E-state index contributed by atoms with van der Waals surface area (Å²) in [5, 5.41) is 10.3. The summed E-state index contributed by atoms with van der Waals surface area (Å²) in [6, 6.07) is 13.8. The first-order valence-corrected chi connectivity index (χ1v) is 10.2. The molecule has 0 spiro atoms. The van der Waals surface area contributed by atoms with Gasteiger partial charge in [-0.15, -0.1) is 11.6 Å². The Hall–Kier alpha value is -1.17. The lowest BCUT2D eigenvalue weighted by Crippen LogP contribution is -2.49. The molecule has 1 atom stereocenters. The molecule has 1 heterocycles. The molecule has 2 aromatic carbocycles. The maximum atomic E-state index is 8.91. The predicted octanol–water partition coefficient (Wildman–Crippen LogP) is 4.47. The van der Waals surface area contributed by atoms with Crippen molar-refractivity contribution in [3.63, 3.8) is 0 Å². The van der Waals surface area contributed by atoms with Crippen molar-refractivity contribution in [2.45, 2.75) is 6.04 Å². The molecular weight excluding hydrogens is 407 g/mol. The van der Waals surface area contributed by atoms with Gasteiger partial charge in [-0.25, -0.2) is 0 Å². The first-order chi connectivity index (χ1) is 13.1. The Morgan fingerprint density at radius 1 is 1.07 bits per heavy atom. The summed E-state index contributed by atoms with van der Waals surface area (Å²) in [7, 11) is 0. The number of halogens is 3. The van der Waals surface area contributed by atoms with Crippen LogP contribution < -0.4 is 9.64 Å². The van der Waals surface area contributed by atoms with Crippen molar-refractivity contribution in [3.05, 3.63) is 58.1 Å². The average Bonchev–Trinajstić information content (AvgIpc) is 2.68. The number of alkyl halides is 1. The third kappa shape index (κ3) is 5.21. The fraction of sp³-hybridized carbons (Fsp3) is 0.400. The van der Waals surface area contributed by atoms with E-state index in [1.807, 2.05) is 24.3 Å². The van der Waals surface area contributed by atoms with Crippen LogP contribution in [0.1, 0.15) is 11.6 Å². The quantitative estimate of drug-likeness (QED) is 0.659. The molecule has 4 nitrogen and oxygen atoms in total. The van der Waals surface area contributed by atoms with Crippen LogP contribution >= 0.6 is 34.8 Å². The van der Waals surface area contributed by atoms with Crippen LogP contribution in [0.5, 0.6) is 5.75 Å². The first-order valence-electron chi connectivity index (χ1n) is 8.96. The molecule has 0 amide bonds. The van der Waals surface area contributed by atoms with Crippen molar-refractivity contribution in [1.82, 2.24) is 4.90 Å². The standard InChI is InChI=1S/C20H23Cl3N2O2/c21-7-8-24-9-10-25(20(14-24)15-1-3-16(22)4-2-15)19-6-5-17(13-18(19)23)27-12-11-26/h1-6,13,20,26H,7-12,14H2/t20-/m0/s1. The van der Waals surface area contributed by atoms with E-state index in [9.17, 15) is 0 Å². The normalized spacial score (nSPS) is 17.9. The minimum atomic E-state index is -0.0272. The molecule has 1 fully saturated rings. The van der Waals surface area contributed by atoms with Gasteiger partial charge in [-0.3, -0.25) is 4.90 Å². The maximum Gasteiger partial charge on any atom is 0.121 e. The number of aliphatic hydroxyl groups is 1. The van der Waals surface area contributed by atoms with Crippen molar-refractivity contribution < 1.29 is 9.84 Å². The van der Waals surface area contributed by atoms with E-state index in [1.54, 1.807) is 6.07 Å². The van der Waals surface area contributed by atoms with E-state index in [4.69, 9.17) is 44.6 Å². The molecule has 1 saturated heterocycles. The highest BCUT2D eigenvalue weighted by atomic mass is 35.5. The molecule has 27 heavy (non-hydrogen) atoms. The Balaban J connectivity index is 1.88. The Kier molecular flexibility index (Phi) is 7.50. The van der Waals surface area contributed by atoms with Crippen LogP contribution in [-0.4, -0.2) is 55.3 Å².